The predicted molar refractivity (Wildman–Crippen MR) is 68.3 cm³/mol. The average Bonchev–Trinajstić information content (AvgIpc) is 2.85. The molecule has 110 valence electrons. The van der Waals surface area contributed by atoms with Gasteiger partial charge in [0.1, 0.15) is 5.82 Å². The zero-order valence-electron chi connectivity index (χ0n) is 11.1. The molecule has 1 saturated carbocycles. The van der Waals surface area contributed by atoms with Crippen LogP contribution in [-0.4, -0.2) is 24.2 Å². The number of hydrogen-bond donors (Lipinski definition) is 1. The molecule has 1 aliphatic rings. The zero-order chi connectivity index (χ0) is 14.7. The number of ether oxygens (including phenoxy) is 1. The molecule has 1 aromatic carbocycles. The molecule has 0 aliphatic heterocycles. The van der Waals surface area contributed by atoms with Gasteiger partial charge in [0.25, 0.3) is 0 Å². The van der Waals surface area contributed by atoms with Crippen molar-refractivity contribution in [3.63, 3.8) is 0 Å². The van der Waals surface area contributed by atoms with Gasteiger partial charge >= 0.3 is 5.69 Å². The first-order chi connectivity index (χ1) is 9.51. The van der Waals surface area contributed by atoms with Gasteiger partial charge in [-0.1, -0.05) is 0 Å². The van der Waals surface area contributed by atoms with Crippen LogP contribution in [0, 0.1) is 21.7 Å². The van der Waals surface area contributed by atoms with E-state index in [1.165, 1.54) is 0 Å². The fourth-order valence-electron chi connectivity index (χ4n) is 2.45. The third kappa shape index (κ3) is 3.29. The third-order valence-electron chi connectivity index (χ3n) is 3.61. The van der Waals surface area contributed by atoms with Crippen LogP contribution in [0.1, 0.15) is 24.8 Å². The summed E-state index contributed by atoms with van der Waals surface area (Å²) in [6.45, 7) is 0.133. The molecule has 2 rings (SSSR count). The monoisotopic (exact) mass is 286 g/mol. The van der Waals surface area contributed by atoms with E-state index in [4.69, 9.17) is 4.74 Å². The van der Waals surface area contributed by atoms with Gasteiger partial charge in [-0.2, -0.15) is 4.39 Å². The summed E-state index contributed by atoms with van der Waals surface area (Å²) < 4.78 is 32.0. The first-order valence-corrected chi connectivity index (χ1v) is 6.39. The van der Waals surface area contributed by atoms with Gasteiger partial charge in [-0.25, -0.2) is 4.39 Å². The topological polar surface area (TPSA) is 64.4 Å². The Hall–Kier alpha value is -1.60. The lowest BCUT2D eigenvalue weighted by Gasteiger charge is -2.13. The molecule has 1 aromatic rings. The molecule has 0 radical (unpaired) electrons. The number of nitrogens with zero attached hydrogens (tertiary/aromatic N) is 1. The normalized spacial score (nSPS) is 22.1. The molecule has 0 amide bonds. The highest BCUT2D eigenvalue weighted by Gasteiger charge is 2.25. The van der Waals surface area contributed by atoms with Gasteiger partial charge in [0.15, 0.2) is 0 Å². The molecule has 2 unspecified atom stereocenters. The van der Waals surface area contributed by atoms with Crippen LogP contribution < -0.4 is 5.32 Å². The molecule has 2 atom stereocenters. The maximum Gasteiger partial charge on any atom is 0.305 e. The summed E-state index contributed by atoms with van der Waals surface area (Å²) in [6.07, 6.45) is 2.85. The molecule has 7 heteroatoms. The molecule has 0 heterocycles. The van der Waals surface area contributed by atoms with Gasteiger partial charge in [-0.3, -0.25) is 10.1 Å². The van der Waals surface area contributed by atoms with Crippen LogP contribution in [0.4, 0.5) is 14.5 Å². The Bertz CT molecular complexity index is 511. The van der Waals surface area contributed by atoms with E-state index in [-0.39, 0.29) is 24.3 Å². The molecule has 1 fully saturated rings. The molecule has 0 spiro atoms. The van der Waals surface area contributed by atoms with Crippen molar-refractivity contribution in [3.05, 3.63) is 39.4 Å². The maximum atomic E-state index is 13.6. The van der Waals surface area contributed by atoms with E-state index in [0.29, 0.717) is 6.07 Å². The highest BCUT2D eigenvalue weighted by atomic mass is 19.1. The fraction of sp³-hybridized carbons (Fsp3) is 0.538. The summed E-state index contributed by atoms with van der Waals surface area (Å²) in [5.41, 5.74) is -0.608. The van der Waals surface area contributed by atoms with Crippen molar-refractivity contribution in [3.8, 4) is 0 Å². The molecule has 5 nitrogen and oxygen atoms in total. The van der Waals surface area contributed by atoms with Crippen LogP contribution in [-0.2, 0) is 11.3 Å². The standard InChI is InChI=1S/C13H16F2N2O3/c1-20-10-3-2-9(5-10)16-7-8-4-13(17(18)19)12(15)6-11(8)14/h4,6,9-10,16H,2-3,5,7H2,1H3. The first-order valence-electron chi connectivity index (χ1n) is 6.39. The summed E-state index contributed by atoms with van der Waals surface area (Å²) in [5.74, 6) is -1.93. The van der Waals surface area contributed by atoms with E-state index in [9.17, 15) is 18.9 Å². The Balaban J connectivity index is 2.02. The Kier molecular flexibility index (Phi) is 4.61. The Morgan fingerprint density at radius 2 is 2.15 bits per heavy atom. The fourth-order valence-corrected chi connectivity index (χ4v) is 2.45. The van der Waals surface area contributed by atoms with Crippen LogP contribution in [0.15, 0.2) is 12.1 Å². The Morgan fingerprint density at radius 1 is 1.40 bits per heavy atom. The SMILES string of the molecule is COC1CCC(NCc2cc([N+](=O)[O-])c(F)cc2F)C1. The Morgan fingerprint density at radius 3 is 2.75 bits per heavy atom. The van der Waals surface area contributed by atoms with E-state index in [1.54, 1.807) is 7.11 Å². The molecule has 0 aromatic heterocycles. The highest BCUT2D eigenvalue weighted by molar-refractivity contribution is 5.37. The Labute approximate surface area is 115 Å². The third-order valence-corrected chi connectivity index (χ3v) is 3.61. The van der Waals surface area contributed by atoms with E-state index >= 15 is 0 Å². The molecular weight excluding hydrogens is 270 g/mol. The second-order valence-corrected chi connectivity index (χ2v) is 4.90. The van der Waals surface area contributed by atoms with Crippen molar-refractivity contribution >= 4 is 5.69 Å². The number of benzene rings is 1. The number of rotatable bonds is 5. The van der Waals surface area contributed by atoms with Crippen LogP contribution >= 0.6 is 0 Å². The second kappa shape index (κ2) is 6.23. The maximum absolute atomic E-state index is 13.6. The van der Waals surface area contributed by atoms with Gasteiger partial charge in [0, 0.05) is 37.4 Å². The summed E-state index contributed by atoms with van der Waals surface area (Å²) in [4.78, 5) is 9.78. The van der Waals surface area contributed by atoms with Crippen molar-refractivity contribution in [2.45, 2.75) is 38.0 Å². The number of nitro groups is 1. The van der Waals surface area contributed by atoms with Gasteiger partial charge in [-0.05, 0) is 19.3 Å². The van der Waals surface area contributed by atoms with Gasteiger partial charge in [0.2, 0.25) is 5.82 Å². The first kappa shape index (κ1) is 14.8. The summed E-state index contributed by atoms with van der Waals surface area (Å²) >= 11 is 0. The van der Waals surface area contributed by atoms with Crippen LogP contribution in [0.25, 0.3) is 0 Å². The van der Waals surface area contributed by atoms with Gasteiger partial charge in [-0.15, -0.1) is 0 Å². The summed E-state index contributed by atoms with van der Waals surface area (Å²) in [6, 6.07) is 1.69. The zero-order valence-corrected chi connectivity index (χ0v) is 11.1. The lowest BCUT2D eigenvalue weighted by molar-refractivity contribution is -0.387. The number of halogens is 2. The molecule has 1 N–H and O–H groups in total. The average molecular weight is 286 g/mol. The smallest absolute Gasteiger partial charge is 0.305 e. The lowest BCUT2D eigenvalue weighted by atomic mass is 10.1. The summed E-state index contributed by atoms with van der Waals surface area (Å²) in [7, 11) is 1.65. The van der Waals surface area contributed by atoms with E-state index in [2.05, 4.69) is 5.32 Å². The number of nitro benzene ring substituents is 1. The molecular formula is C13H16F2N2O3. The quantitative estimate of drug-likeness (QED) is 0.667. The minimum absolute atomic E-state index is 0.0963. The minimum atomic E-state index is -1.16. The van der Waals surface area contributed by atoms with Crippen molar-refractivity contribution in [2.24, 2.45) is 0 Å². The van der Waals surface area contributed by atoms with Crippen molar-refractivity contribution < 1.29 is 18.4 Å². The van der Waals surface area contributed by atoms with Crippen molar-refractivity contribution in [1.82, 2.24) is 5.32 Å². The second-order valence-electron chi connectivity index (χ2n) is 4.90. The van der Waals surface area contributed by atoms with E-state index in [1.807, 2.05) is 0 Å². The van der Waals surface area contributed by atoms with E-state index < -0.39 is 22.2 Å². The minimum Gasteiger partial charge on any atom is -0.381 e. The highest BCUT2D eigenvalue weighted by Crippen LogP contribution is 2.24. The molecule has 0 bridgehead atoms. The molecule has 20 heavy (non-hydrogen) atoms. The molecule has 0 saturated heterocycles. The van der Waals surface area contributed by atoms with Crippen LogP contribution in [0.5, 0.6) is 0 Å². The number of methoxy groups -OCH3 is 1. The van der Waals surface area contributed by atoms with Crippen molar-refractivity contribution in [1.29, 1.82) is 0 Å². The van der Waals surface area contributed by atoms with Gasteiger partial charge < -0.3 is 10.1 Å². The van der Waals surface area contributed by atoms with Crippen LogP contribution in [0.3, 0.4) is 0 Å². The van der Waals surface area contributed by atoms with Gasteiger partial charge in [0.05, 0.1) is 11.0 Å². The van der Waals surface area contributed by atoms with E-state index in [0.717, 1.165) is 25.3 Å². The summed E-state index contributed by atoms with van der Waals surface area (Å²) in [5, 5.41) is 13.8. The van der Waals surface area contributed by atoms with Crippen molar-refractivity contribution in [2.75, 3.05) is 7.11 Å². The van der Waals surface area contributed by atoms with Crippen LogP contribution in [0.2, 0.25) is 0 Å². The number of nitrogens with one attached hydrogen (secondary N) is 1. The molecule has 1 aliphatic carbocycles. The lowest BCUT2D eigenvalue weighted by Crippen LogP contribution is -2.27. The largest absolute Gasteiger partial charge is 0.381 e. The predicted octanol–water partition coefficient (Wildman–Crippen LogP) is 2.53. The number of hydrogen-bond acceptors (Lipinski definition) is 4.